The fourth-order valence-electron chi connectivity index (χ4n) is 2.67. The van der Waals surface area contributed by atoms with Crippen LogP contribution in [0.4, 0.5) is 8.78 Å². The van der Waals surface area contributed by atoms with Crippen LogP contribution in [0.5, 0.6) is 0 Å². The summed E-state index contributed by atoms with van der Waals surface area (Å²) >= 11 is 12.1. The van der Waals surface area contributed by atoms with Gasteiger partial charge in [0.05, 0.1) is 15.6 Å². The van der Waals surface area contributed by atoms with Crippen LogP contribution in [0.2, 0.25) is 10.0 Å². The van der Waals surface area contributed by atoms with Gasteiger partial charge >= 0.3 is 5.69 Å². The van der Waals surface area contributed by atoms with Crippen molar-refractivity contribution >= 4 is 29.1 Å². The molecule has 1 amide bonds. The van der Waals surface area contributed by atoms with Gasteiger partial charge in [-0.2, -0.15) is 4.68 Å². The van der Waals surface area contributed by atoms with E-state index in [1.165, 1.54) is 24.3 Å². The summed E-state index contributed by atoms with van der Waals surface area (Å²) in [4.78, 5) is 26.9. The van der Waals surface area contributed by atoms with Gasteiger partial charge in [-0.1, -0.05) is 56.1 Å². The van der Waals surface area contributed by atoms with Gasteiger partial charge in [-0.15, -0.1) is 5.10 Å². The molecule has 0 unspecified atom stereocenters. The first-order chi connectivity index (χ1) is 14.0. The normalized spacial score (nSPS) is 11.6. The van der Waals surface area contributed by atoms with E-state index in [0.717, 1.165) is 6.07 Å². The van der Waals surface area contributed by atoms with Crippen LogP contribution in [-0.4, -0.2) is 20.7 Å². The Morgan fingerprint density at radius 1 is 1.17 bits per heavy atom. The highest BCUT2D eigenvalue weighted by atomic mass is 35.5. The lowest BCUT2D eigenvalue weighted by molar-refractivity contribution is -0.128. The lowest BCUT2D eigenvalue weighted by atomic mass is 9.95. The SMILES string of the molecule is CC(C)(C)C(=O)NCc1ccc(Cl)c(-n2nc(-c3c(F)cccc3Cl)[nH]c2=O)c1F. The Morgan fingerprint density at radius 3 is 2.50 bits per heavy atom. The van der Waals surface area contributed by atoms with E-state index in [0.29, 0.717) is 4.68 Å². The summed E-state index contributed by atoms with van der Waals surface area (Å²) in [6.07, 6.45) is 0. The molecule has 0 bridgehead atoms. The van der Waals surface area contributed by atoms with Crippen molar-refractivity contribution in [2.75, 3.05) is 0 Å². The van der Waals surface area contributed by atoms with E-state index in [2.05, 4.69) is 15.4 Å². The zero-order chi connectivity index (χ0) is 22.2. The van der Waals surface area contributed by atoms with E-state index < -0.39 is 22.7 Å². The highest BCUT2D eigenvalue weighted by molar-refractivity contribution is 6.33. The van der Waals surface area contributed by atoms with Gasteiger partial charge in [0.25, 0.3) is 0 Å². The van der Waals surface area contributed by atoms with Crippen molar-refractivity contribution < 1.29 is 13.6 Å². The Bertz CT molecular complexity index is 1160. The number of benzene rings is 2. The van der Waals surface area contributed by atoms with Crippen LogP contribution >= 0.6 is 23.2 Å². The van der Waals surface area contributed by atoms with Gasteiger partial charge in [-0.3, -0.25) is 9.78 Å². The molecule has 10 heteroatoms. The molecule has 3 rings (SSSR count). The summed E-state index contributed by atoms with van der Waals surface area (Å²) < 4.78 is 30.0. The molecule has 2 N–H and O–H groups in total. The predicted octanol–water partition coefficient (Wildman–Crippen LogP) is 4.47. The smallest absolute Gasteiger partial charge is 0.348 e. The molecule has 0 aliphatic heterocycles. The molecule has 1 aromatic heterocycles. The number of hydrogen-bond donors (Lipinski definition) is 2. The monoisotopic (exact) mass is 454 g/mol. The van der Waals surface area contributed by atoms with Crippen LogP contribution < -0.4 is 11.0 Å². The lowest BCUT2D eigenvalue weighted by Gasteiger charge is -2.18. The van der Waals surface area contributed by atoms with Crippen molar-refractivity contribution in [2.45, 2.75) is 27.3 Å². The number of hydrogen-bond acceptors (Lipinski definition) is 3. The van der Waals surface area contributed by atoms with Crippen molar-refractivity contribution in [1.29, 1.82) is 0 Å². The molecular formula is C20H18Cl2F2N4O2. The number of aromatic nitrogens is 3. The molecule has 0 radical (unpaired) electrons. The second kappa shape index (κ2) is 8.20. The van der Waals surface area contributed by atoms with Gasteiger partial charge in [-0.05, 0) is 18.2 Å². The summed E-state index contributed by atoms with van der Waals surface area (Å²) in [6, 6.07) is 6.78. The van der Waals surface area contributed by atoms with Crippen LogP contribution in [0.25, 0.3) is 17.1 Å². The highest BCUT2D eigenvalue weighted by Gasteiger charge is 2.23. The van der Waals surface area contributed by atoms with Crippen LogP contribution in [0.3, 0.4) is 0 Å². The maximum absolute atomic E-state index is 15.2. The molecule has 0 saturated carbocycles. The summed E-state index contributed by atoms with van der Waals surface area (Å²) in [5.74, 6) is -1.98. The Kier molecular flexibility index (Phi) is 6.01. The number of amides is 1. The topological polar surface area (TPSA) is 79.8 Å². The number of rotatable bonds is 4. The lowest BCUT2D eigenvalue weighted by Crippen LogP contribution is -2.34. The average molecular weight is 455 g/mol. The zero-order valence-electron chi connectivity index (χ0n) is 16.3. The molecule has 158 valence electrons. The first kappa shape index (κ1) is 22.0. The van der Waals surface area contributed by atoms with Gasteiger partial charge in [-0.25, -0.2) is 13.6 Å². The number of H-pyrrole nitrogens is 1. The third-order valence-electron chi connectivity index (χ3n) is 4.30. The quantitative estimate of drug-likeness (QED) is 0.609. The number of aromatic amines is 1. The first-order valence-corrected chi connectivity index (χ1v) is 9.65. The van der Waals surface area contributed by atoms with Crippen molar-refractivity contribution in [3.63, 3.8) is 0 Å². The molecule has 0 fully saturated rings. The van der Waals surface area contributed by atoms with E-state index in [1.807, 2.05) is 0 Å². The van der Waals surface area contributed by atoms with E-state index in [1.54, 1.807) is 20.8 Å². The molecule has 1 heterocycles. The molecule has 30 heavy (non-hydrogen) atoms. The molecule has 2 aromatic carbocycles. The van der Waals surface area contributed by atoms with Gasteiger partial charge < -0.3 is 5.32 Å². The number of nitrogens with one attached hydrogen (secondary N) is 2. The van der Waals surface area contributed by atoms with Crippen LogP contribution in [0, 0.1) is 17.0 Å². The Hall–Kier alpha value is -2.71. The number of nitrogens with zero attached hydrogens (tertiary/aromatic N) is 2. The second-order valence-corrected chi connectivity index (χ2v) is 8.40. The fraction of sp³-hybridized carbons (Fsp3) is 0.250. The van der Waals surface area contributed by atoms with Gasteiger partial charge in [0.15, 0.2) is 11.6 Å². The minimum atomic E-state index is -0.837. The predicted molar refractivity (Wildman–Crippen MR) is 111 cm³/mol. The summed E-state index contributed by atoms with van der Waals surface area (Å²) in [7, 11) is 0. The molecule has 0 atom stereocenters. The van der Waals surface area contributed by atoms with E-state index in [-0.39, 0.29) is 45.1 Å². The second-order valence-electron chi connectivity index (χ2n) is 7.59. The number of halogens is 4. The minimum Gasteiger partial charge on any atom is -0.351 e. The van der Waals surface area contributed by atoms with E-state index in [4.69, 9.17) is 23.2 Å². The average Bonchev–Trinajstić information content (AvgIpc) is 3.01. The molecule has 0 spiro atoms. The molecule has 0 aliphatic carbocycles. The number of carbonyl (C=O) groups is 1. The summed E-state index contributed by atoms with van der Waals surface area (Å²) in [6.45, 7) is 5.07. The summed E-state index contributed by atoms with van der Waals surface area (Å²) in [5.41, 5.74) is -1.83. The molecule has 0 aliphatic rings. The van der Waals surface area contributed by atoms with Crippen molar-refractivity contribution in [3.05, 3.63) is 68.1 Å². The standard InChI is InChI=1S/C20H18Cl2F2N4O2/c1-20(2,3)18(29)25-9-10-7-8-12(22)16(15(10)24)28-19(30)26-17(27-28)14-11(21)5-4-6-13(14)23/h4-8H,9H2,1-3H3,(H,25,29)(H,26,27,30). The van der Waals surface area contributed by atoms with Crippen molar-refractivity contribution in [2.24, 2.45) is 5.41 Å². The molecule has 3 aromatic rings. The van der Waals surface area contributed by atoms with Gasteiger partial charge in [0.1, 0.15) is 11.5 Å². The maximum Gasteiger partial charge on any atom is 0.348 e. The van der Waals surface area contributed by atoms with Crippen LogP contribution in [-0.2, 0) is 11.3 Å². The zero-order valence-corrected chi connectivity index (χ0v) is 17.8. The Labute approximate surface area is 180 Å². The van der Waals surface area contributed by atoms with E-state index >= 15 is 4.39 Å². The van der Waals surface area contributed by atoms with Gasteiger partial charge in [0, 0.05) is 17.5 Å². The van der Waals surface area contributed by atoms with Crippen molar-refractivity contribution in [1.82, 2.24) is 20.1 Å². The van der Waals surface area contributed by atoms with Gasteiger partial charge in [0.2, 0.25) is 5.91 Å². The maximum atomic E-state index is 15.2. The van der Waals surface area contributed by atoms with Crippen LogP contribution in [0.1, 0.15) is 26.3 Å². The Balaban J connectivity index is 2.04. The summed E-state index contributed by atoms with van der Waals surface area (Å²) in [5, 5.41) is 6.56. The molecular weight excluding hydrogens is 437 g/mol. The van der Waals surface area contributed by atoms with E-state index in [9.17, 15) is 14.0 Å². The third kappa shape index (κ3) is 4.24. The molecule has 0 saturated heterocycles. The Morgan fingerprint density at radius 2 is 1.87 bits per heavy atom. The molecule has 6 nitrogen and oxygen atoms in total. The van der Waals surface area contributed by atoms with Crippen LogP contribution in [0.15, 0.2) is 35.1 Å². The van der Waals surface area contributed by atoms with Crippen molar-refractivity contribution in [3.8, 4) is 17.1 Å². The fourth-order valence-corrected chi connectivity index (χ4v) is 3.15. The largest absolute Gasteiger partial charge is 0.351 e. The highest BCUT2D eigenvalue weighted by Crippen LogP contribution is 2.29. The number of carbonyl (C=O) groups excluding carboxylic acids is 1. The first-order valence-electron chi connectivity index (χ1n) is 8.90. The third-order valence-corrected chi connectivity index (χ3v) is 4.92. The minimum absolute atomic E-state index is 0.0288.